The zero-order valence-electron chi connectivity index (χ0n) is 15.7. The van der Waals surface area contributed by atoms with Crippen LogP contribution in [0.2, 0.25) is 0 Å². The summed E-state index contributed by atoms with van der Waals surface area (Å²) >= 11 is 0. The molecule has 7 heteroatoms. The van der Waals surface area contributed by atoms with Crippen molar-refractivity contribution >= 4 is 17.7 Å². The molecular weight excluding hydrogens is 344 g/mol. The molecule has 3 heterocycles. The highest BCUT2D eigenvalue weighted by Crippen LogP contribution is 2.29. The summed E-state index contributed by atoms with van der Waals surface area (Å²) in [5, 5.41) is 5.60. The highest BCUT2D eigenvalue weighted by molar-refractivity contribution is 6.05. The second-order valence-corrected chi connectivity index (χ2v) is 7.72. The average Bonchev–Trinajstić information content (AvgIpc) is 3.20. The molecule has 2 atom stereocenters. The van der Waals surface area contributed by atoms with E-state index in [9.17, 15) is 14.4 Å². The SMILES string of the molecule is CNC[C@@H]1CCCN1Cc1ccc2c(c1)C(=O)N(C1CCC(=O)NC1=O)C2. The molecule has 1 aromatic carbocycles. The molecule has 7 nitrogen and oxygen atoms in total. The van der Waals surface area contributed by atoms with Gasteiger partial charge in [-0.15, -0.1) is 0 Å². The monoisotopic (exact) mass is 370 g/mol. The third-order valence-corrected chi connectivity index (χ3v) is 5.92. The van der Waals surface area contributed by atoms with Crippen LogP contribution in [0.4, 0.5) is 0 Å². The van der Waals surface area contributed by atoms with Crippen LogP contribution in [0.25, 0.3) is 0 Å². The number of amides is 3. The van der Waals surface area contributed by atoms with Gasteiger partial charge < -0.3 is 10.2 Å². The van der Waals surface area contributed by atoms with Crippen molar-refractivity contribution in [3.8, 4) is 0 Å². The fourth-order valence-corrected chi connectivity index (χ4v) is 4.50. The van der Waals surface area contributed by atoms with E-state index in [1.54, 1.807) is 4.90 Å². The molecule has 2 N–H and O–H groups in total. The normalized spacial score (nSPS) is 25.8. The summed E-state index contributed by atoms with van der Waals surface area (Å²) in [4.78, 5) is 40.5. The Kier molecular flexibility index (Phi) is 4.97. The lowest BCUT2D eigenvalue weighted by atomic mass is 10.0. The molecule has 1 unspecified atom stereocenters. The molecule has 3 amide bonds. The van der Waals surface area contributed by atoms with Gasteiger partial charge in [0.2, 0.25) is 11.8 Å². The standard InChI is InChI=1S/C20H26N4O3/c1-21-10-15-3-2-8-23(15)11-13-4-5-14-12-24(20(27)16(14)9-13)17-6-7-18(25)22-19(17)26/h4-5,9,15,17,21H,2-3,6-8,10-12H2,1H3,(H,22,25,26)/t15-,17?/m0/s1. The number of likely N-dealkylation sites (N-methyl/N-ethyl adjacent to an activating group) is 1. The van der Waals surface area contributed by atoms with Gasteiger partial charge >= 0.3 is 0 Å². The van der Waals surface area contributed by atoms with Crippen molar-refractivity contribution in [3.63, 3.8) is 0 Å². The lowest BCUT2D eigenvalue weighted by molar-refractivity contribution is -0.136. The topological polar surface area (TPSA) is 81.8 Å². The van der Waals surface area contributed by atoms with E-state index in [1.807, 2.05) is 19.2 Å². The van der Waals surface area contributed by atoms with Gasteiger partial charge in [0.25, 0.3) is 5.91 Å². The van der Waals surface area contributed by atoms with Crippen LogP contribution in [0.15, 0.2) is 18.2 Å². The van der Waals surface area contributed by atoms with Gasteiger partial charge in [0.1, 0.15) is 6.04 Å². The summed E-state index contributed by atoms with van der Waals surface area (Å²) in [5.74, 6) is -0.724. The predicted octanol–water partition coefficient (Wildman–Crippen LogP) is 0.631. The number of benzene rings is 1. The molecule has 1 aromatic rings. The van der Waals surface area contributed by atoms with Crippen molar-refractivity contribution in [2.45, 2.75) is 50.9 Å². The van der Waals surface area contributed by atoms with Crippen LogP contribution in [-0.4, -0.2) is 59.7 Å². The molecule has 0 bridgehead atoms. The highest BCUT2D eigenvalue weighted by atomic mass is 16.2. The first-order valence-electron chi connectivity index (χ1n) is 9.72. The fraction of sp³-hybridized carbons (Fsp3) is 0.550. The van der Waals surface area contributed by atoms with Crippen LogP contribution >= 0.6 is 0 Å². The van der Waals surface area contributed by atoms with Crippen molar-refractivity contribution in [2.24, 2.45) is 0 Å². The van der Waals surface area contributed by atoms with Crippen molar-refractivity contribution in [1.82, 2.24) is 20.4 Å². The van der Waals surface area contributed by atoms with E-state index in [1.165, 1.54) is 12.8 Å². The number of piperidine rings is 1. The van der Waals surface area contributed by atoms with E-state index in [4.69, 9.17) is 0 Å². The average molecular weight is 370 g/mol. The van der Waals surface area contributed by atoms with E-state index in [2.05, 4.69) is 21.6 Å². The van der Waals surface area contributed by atoms with Gasteiger partial charge in [0.15, 0.2) is 0 Å². The summed E-state index contributed by atoms with van der Waals surface area (Å²) in [5.41, 5.74) is 2.79. The van der Waals surface area contributed by atoms with Gasteiger partial charge in [-0.05, 0) is 50.0 Å². The van der Waals surface area contributed by atoms with Crippen molar-refractivity contribution in [3.05, 3.63) is 34.9 Å². The van der Waals surface area contributed by atoms with Gasteiger partial charge in [-0.2, -0.15) is 0 Å². The number of rotatable bonds is 5. The third kappa shape index (κ3) is 3.49. The summed E-state index contributed by atoms with van der Waals surface area (Å²) < 4.78 is 0. The minimum atomic E-state index is -0.551. The van der Waals surface area contributed by atoms with Crippen molar-refractivity contribution in [2.75, 3.05) is 20.1 Å². The molecule has 3 aliphatic rings. The molecule has 0 aliphatic carbocycles. The molecule has 0 aromatic heterocycles. The molecular formula is C20H26N4O3. The second-order valence-electron chi connectivity index (χ2n) is 7.72. The molecule has 0 spiro atoms. The largest absolute Gasteiger partial charge is 0.322 e. The molecule has 2 saturated heterocycles. The van der Waals surface area contributed by atoms with Crippen molar-refractivity contribution in [1.29, 1.82) is 0 Å². The second kappa shape index (κ2) is 7.40. The fourth-order valence-electron chi connectivity index (χ4n) is 4.50. The van der Waals surface area contributed by atoms with Crippen LogP contribution in [0.3, 0.4) is 0 Å². The van der Waals surface area contributed by atoms with E-state index in [-0.39, 0.29) is 24.1 Å². The summed E-state index contributed by atoms with van der Waals surface area (Å²) in [6.07, 6.45) is 3.09. The number of imide groups is 1. The zero-order valence-corrected chi connectivity index (χ0v) is 15.7. The number of likely N-dealkylation sites (tertiary alicyclic amines) is 1. The first-order chi connectivity index (χ1) is 13.1. The van der Waals surface area contributed by atoms with Gasteiger partial charge in [-0.1, -0.05) is 12.1 Å². The smallest absolute Gasteiger partial charge is 0.255 e. The Hall–Kier alpha value is -2.25. The van der Waals surface area contributed by atoms with E-state index >= 15 is 0 Å². The van der Waals surface area contributed by atoms with Crippen LogP contribution < -0.4 is 10.6 Å². The Bertz CT molecular complexity index is 778. The molecule has 144 valence electrons. The lowest BCUT2D eigenvalue weighted by Crippen LogP contribution is -2.52. The number of nitrogens with zero attached hydrogens (tertiary/aromatic N) is 2. The predicted molar refractivity (Wildman–Crippen MR) is 99.8 cm³/mol. The maximum Gasteiger partial charge on any atom is 0.255 e. The Labute approximate surface area is 159 Å². The number of carbonyl (C=O) groups excluding carboxylic acids is 3. The maximum absolute atomic E-state index is 12.9. The number of hydrogen-bond donors (Lipinski definition) is 2. The van der Waals surface area contributed by atoms with Gasteiger partial charge in [0.05, 0.1) is 0 Å². The third-order valence-electron chi connectivity index (χ3n) is 5.92. The first-order valence-corrected chi connectivity index (χ1v) is 9.72. The maximum atomic E-state index is 12.9. The van der Waals surface area contributed by atoms with E-state index in [0.717, 1.165) is 30.8 Å². The minimum absolute atomic E-state index is 0.102. The molecule has 27 heavy (non-hydrogen) atoms. The molecule has 0 radical (unpaired) electrons. The Morgan fingerprint density at radius 3 is 2.85 bits per heavy atom. The Morgan fingerprint density at radius 2 is 2.07 bits per heavy atom. The summed E-state index contributed by atoms with van der Waals surface area (Å²) in [6.45, 7) is 3.34. The van der Waals surface area contributed by atoms with E-state index < -0.39 is 6.04 Å². The molecule has 4 rings (SSSR count). The minimum Gasteiger partial charge on any atom is -0.322 e. The van der Waals surface area contributed by atoms with Crippen LogP contribution in [0.1, 0.15) is 47.2 Å². The zero-order chi connectivity index (χ0) is 19.0. The van der Waals surface area contributed by atoms with Crippen LogP contribution in [0, 0.1) is 0 Å². The number of carbonyl (C=O) groups is 3. The van der Waals surface area contributed by atoms with Gasteiger partial charge in [-0.3, -0.25) is 24.6 Å². The van der Waals surface area contributed by atoms with Gasteiger partial charge in [-0.25, -0.2) is 0 Å². The Balaban J connectivity index is 1.48. The highest BCUT2D eigenvalue weighted by Gasteiger charge is 2.39. The van der Waals surface area contributed by atoms with Crippen LogP contribution in [-0.2, 0) is 22.7 Å². The van der Waals surface area contributed by atoms with Gasteiger partial charge in [0, 0.05) is 37.7 Å². The lowest BCUT2D eigenvalue weighted by Gasteiger charge is -2.29. The quantitative estimate of drug-likeness (QED) is 0.743. The molecule has 2 fully saturated rings. The van der Waals surface area contributed by atoms with E-state index in [0.29, 0.717) is 24.6 Å². The van der Waals surface area contributed by atoms with Crippen molar-refractivity contribution < 1.29 is 14.4 Å². The molecule has 0 saturated carbocycles. The summed E-state index contributed by atoms with van der Waals surface area (Å²) in [7, 11) is 1.98. The summed E-state index contributed by atoms with van der Waals surface area (Å²) in [6, 6.07) is 6.08. The van der Waals surface area contributed by atoms with Crippen LogP contribution in [0.5, 0.6) is 0 Å². The first kappa shape index (κ1) is 18.1. The number of hydrogen-bond acceptors (Lipinski definition) is 5. The molecule has 3 aliphatic heterocycles. The Morgan fingerprint density at radius 1 is 1.22 bits per heavy atom. The number of nitrogens with one attached hydrogen (secondary N) is 2. The number of fused-ring (bicyclic) bond motifs is 1.